The number of benzene rings is 2. The van der Waals surface area contributed by atoms with E-state index in [-0.39, 0.29) is 33.7 Å². The molecule has 1 N–H and O–H groups in total. The summed E-state index contributed by atoms with van der Waals surface area (Å²) in [5.74, 6) is -3.30. The third-order valence-corrected chi connectivity index (χ3v) is 7.45. The molecule has 0 unspecified atom stereocenters. The number of thiazole rings is 1. The maximum Gasteiger partial charge on any atom is 0.350 e. The van der Waals surface area contributed by atoms with Gasteiger partial charge in [-0.05, 0) is 42.5 Å². The molecule has 7 nitrogen and oxygen atoms in total. The molecule has 0 radical (unpaired) electrons. The molecule has 0 bridgehead atoms. The highest BCUT2D eigenvalue weighted by atomic mass is 32.1. The minimum absolute atomic E-state index is 0.00529. The zero-order valence-corrected chi connectivity index (χ0v) is 22.3. The predicted octanol–water partition coefficient (Wildman–Crippen LogP) is 5.99. The van der Waals surface area contributed by atoms with Gasteiger partial charge in [0.1, 0.15) is 23.1 Å². The second-order valence-corrected chi connectivity index (χ2v) is 10.2. The molecule has 4 rings (SSSR count). The molecule has 1 aliphatic rings. The highest BCUT2D eigenvalue weighted by Crippen LogP contribution is 2.44. The average molecular weight is 535 g/mol. The van der Waals surface area contributed by atoms with Gasteiger partial charge in [0.25, 0.3) is 5.78 Å². The van der Waals surface area contributed by atoms with Crippen LogP contribution >= 0.6 is 11.3 Å². The Morgan fingerprint density at radius 1 is 1.21 bits per heavy atom. The lowest BCUT2D eigenvalue weighted by Crippen LogP contribution is -2.29. The summed E-state index contributed by atoms with van der Waals surface area (Å²) in [4.78, 5) is 45.0. The van der Waals surface area contributed by atoms with Crippen molar-refractivity contribution in [2.75, 3.05) is 11.5 Å². The second kappa shape index (κ2) is 10.7. The van der Waals surface area contributed by atoms with Crippen LogP contribution in [0.25, 0.3) is 5.76 Å². The van der Waals surface area contributed by atoms with Crippen molar-refractivity contribution in [3.63, 3.8) is 0 Å². The Hall–Kier alpha value is -4.11. The maximum absolute atomic E-state index is 14.3. The average Bonchev–Trinajstić information content (AvgIpc) is 3.40. The molecule has 9 heteroatoms. The first-order valence-corrected chi connectivity index (χ1v) is 12.8. The molecule has 3 aromatic rings. The van der Waals surface area contributed by atoms with Gasteiger partial charge in [-0.1, -0.05) is 74.2 Å². The van der Waals surface area contributed by atoms with Crippen LogP contribution in [-0.2, 0) is 14.3 Å². The Kier molecular flexibility index (Phi) is 7.59. The summed E-state index contributed by atoms with van der Waals surface area (Å²) in [5, 5.41) is 11.3. The standard InChI is InChI=1S/C29H27FN2O5S/c1-6-13-37-28(36)26-17(5)31-29(38-26)32-23(19-11-9-18(10-12-19)15(2)3)22(25(34)27(32)35)24(33)20-8-7-16(4)21(30)14-20/h6-12,14-15,23,33H,1,13H2,2-5H3/t23-/m1/s1. The third-order valence-electron chi connectivity index (χ3n) is 6.32. The number of hydrogen-bond donors (Lipinski definition) is 1. The summed E-state index contributed by atoms with van der Waals surface area (Å²) in [5.41, 5.74) is 2.17. The van der Waals surface area contributed by atoms with Crippen molar-refractivity contribution in [3.8, 4) is 0 Å². The molecule has 1 atom stereocenters. The Morgan fingerprint density at radius 3 is 2.50 bits per heavy atom. The number of aryl methyl sites for hydroxylation is 2. The number of aliphatic hydroxyl groups excluding tert-OH is 1. The first-order chi connectivity index (χ1) is 18.0. The van der Waals surface area contributed by atoms with Crippen LogP contribution in [0.15, 0.2) is 60.7 Å². The molecule has 1 saturated heterocycles. The highest BCUT2D eigenvalue weighted by molar-refractivity contribution is 7.17. The van der Waals surface area contributed by atoms with E-state index in [9.17, 15) is 23.9 Å². The molecule has 196 valence electrons. The fourth-order valence-electron chi connectivity index (χ4n) is 4.18. The van der Waals surface area contributed by atoms with Crippen molar-refractivity contribution in [1.82, 2.24) is 4.98 Å². The van der Waals surface area contributed by atoms with E-state index in [4.69, 9.17) is 4.74 Å². The predicted molar refractivity (Wildman–Crippen MR) is 144 cm³/mol. The summed E-state index contributed by atoms with van der Waals surface area (Å²) in [6, 6.07) is 10.4. The third kappa shape index (κ3) is 4.89. The van der Waals surface area contributed by atoms with Crippen molar-refractivity contribution < 1.29 is 28.6 Å². The van der Waals surface area contributed by atoms with Gasteiger partial charge >= 0.3 is 11.9 Å². The van der Waals surface area contributed by atoms with E-state index in [2.05, 4.69) is 11.6 Å². The van der Waals surface area contributed by atoms with Gasteiger partial charge in [-0.25, -0.2) is 14.2 Å². The number of carbonyl (C=O) groups is 3. The van der Waals surface area contributed by atoms with Gasteiger partial charge in [0, 0.05) is 5.56 Å². The fraction of sp³-hybridized carbons (Fsp3) is 0.241. The SMILES string of the molecule is C=CCOC(=O)c1sc(N2C(=O)C(=O)C(=C(O)c3ccc(C)c(F)c3)[C@H]2c2ccc(C(C)C)cc2)nc1C. The van der Waals surface area contributed by atoms with Gasteiger partial charge in [0.2, 0.25) is 0 Å². The van der Waals surface area contributed by atoms with Gasteiger partial charge in [-0.2, -0.15) is 0 Å². The lowest BCUT2D eigenvalue weighted by atomic mass is 9.93. The summed E-state index contributed by atoms with van der Waals surface area (Å²) in [6.07, 6.45) is 1.43. The van der Waals surface area contributed by atoms with Crippen LogP contribution in [0.1, 0.15) is 63.4 Å². The normalized spacial score (nSPS) is 16.8. The van der Waals surface area contributed by atoms with E-state index in [0.717, 1.165) is 23.0 Å². The highest BCUT2D eigenvalue weighted by Gasteiger charge is 2.48. The van der Waals surface area contributed by atoms with Gasteiger partial charge in [-0.3, -0.25) is 14.5 Å². The Labute approximate surface area is 223 Å². The molecule has 2 aromatic carbocycles. The topological polar surface area (TPSA) is 96.8 Å². The Bertz CT molecular complexity index is 1470. The number of amides is 1. The molecule has 1 fully saturated rings. The van der Waals surface area contributed by atoms with Crippen molar-refractivity contribution >= 4 is 39.9 Å². The van der Waals surface area contributed by atoms with Crippen LogP contribution in [-0.4, -0.2) is 34.4 Å². The van der Waals surface area contributed by atoms with E-state index >= 15 is 0 Å². The van der Waals surface area contributed by atoms with Gasteiger partial charge in [0.15, 0.2) is 5.13 Å². The number of nitrogens with zero attached hydrogens (tertiary/aromatic N) is 2. The fourth-order valence-corrected chi connectivity index (χ4v) is 5.17. The zero-order chi connectivity index (χ0) is 27.7. The summed E-state index contributed by atoms with van der Waals surface area (Å²) < 4.78 is 19.5. The number of rotatable bonds is 7. The van der Waals surface area contributed by atoms with E-state index in [0.29, 0.717) is 16.8 Å². The Morgan fingerprint density at radius 2 is 1.89 bits per heavy atom. The number of aliphatic hydroxyl groups is 1. The minimum Gasteiger partial charge on any atom is -0.507 e. The number of ether oxygens (including phenoxy) is 1. The Balaban J connectivity index is 1.90. The van der Waals surface area contributed by atoms with Crippen LogP contribution in [0.3, 0.4) is 0 Å². The maximum atomic E-state index is 14.3. The lowest BCUT2D eigenvalue weighted by Gasteiger charge is -2.23. The molecule has 2 heterocycles. The van der Waals surface area contributed by atoms with Crippen molar-refractivity contribution in [2.45, 2.75) is 39.7 Å². The van der Waals surface area contributed by atoms with Gasteiger partial charge in [0.05, 0.1) is 17.3 Å². The molecule has 1 aliphatic heterocycles. The summed E-state index contributed by atoms with van der Waals surface area (Å²) in [7, 11) is 0. The van der Waals surface area contributed by atoms with Crippen molar-refractivity contribution in [2.24, 2.45) is 0 Å². The molecule has 1 aromatic heterocycles. The number of ketones is 1. The number of aromatic nitrogens is 1. The summed E-state index contributed by atoms with van der Waals surface area (Å²) in [6.45, 7) is 10.8. The number of hydrogen-bond acceptors (Lipinski definition) is 7. The van der Waals surface area contributed by atoms with Gasteiger partial charge in [-0.15, -0.1) is 0 Å². The van der Waals surface area contributed by atoms with E-state index in [1.807, 2.05) is 26.0 Å². The first-order valence-electron chi connectivity index (χ1n) is 12.0. The van der Waals surface area contributed by atoms with E-state index in [1.54, 1.807) is 26.0 Å². The number of anilines is 1. The monoisotopic (exact) mass is 534 g/mol. The van der Waals surface area contributed by atoms with Gasteiger partial charge < -0.3 is 9.84 Å². The molecule has 1 amide bonds. The van der Waals surface area contributed by atoms with E-state index < -0.39 is 35.3 Å². The van der Waals surface area contributed by atoms with Crippen LogP contribution < -0.4 is 4.90 Å². The molecule has 0 spiro atoms. The largest absolute Gasteiger partial charge is 0.507 e. The molecular weight excluding hydrogens is 507 g/mol. The number of halogens is 1. The molecule has 0 saturated carbocycles. The van der Waals surface area contributed by atoms with Crippen LogP contribution in [0.4, 0.5) is 9.52 Å². The van der Waals surface area contributed by atoms with Crippen LogP contribution in [0.5, 0.6) is 0 Å². The smallest absolute Gasteiger partial charge is 0.350 e. The van der Waals surface area contributed by atoms with Crippen molar-refractivity contribution in [3.05, 3.63) is 99.3 Å². The van der Waals surface area contributed by atoms with Crippen LogP contribution in [0.2, 0.25) is 0 Å². The molecular formula is C29H27FN2O5S. The number of carbonyl (C=O) groups excluding carboxylic acids is 3. The number of Topliss-reactive ketones (excluding diaryl/α,β-unsaturated/α-hetero) is 1. The van der Waals surface area contributed by atoms with E-state index in [1.165, 1.54) is 23.1 Å². The number of esters is 1. The van der Waals surface area contributed by atoms with Crippen LogP contribution in [0, 0.1) is 19.7 Å². The quantitative estimate of drug-likeness (QED) is 0.131. The molecule has 38 heavy (non-hydrogen) atoms. The summed E-state index contributed by atoms with van der Waals surface area (Å²) >= 11 is 0.910. The molecule has 0 aliphatic carbocycles. The zero-order valence-electron chi connectivity index (χ0n) is 21.4. The minimum atomic E-state index is -1.05. The first kappa shape index (κ1) is 26.9. The second-order valence-electron chi connectivity index (χ2n) is 9.25. The van der Waals surface area contributed by atoms with Crippen molar-refractivity contribution in [1.29, 1.82) is 0 Å². The lowest BCUT2D eigenvalue weighted by molar-refractivity contribution is -0.132.